The highest BCUT2D eigenvalue weighted by molar-refractivity contribution is 7.81. The molecule has 0 unspecified atom stereocenters. The lowest BCUT2D eigenvalue weighted by Gasteiger charge is -2.23. The second-order valence-corrected chi connectivity index (χ2v) is 13.0. The van der Waals surface area contributed by atoms with Crippen LogP contribution in [0.1, 0.15) is 25.7 Å². The van der Waals surface area contributed by atoms with E-state index in [9.17, 15) is 38.4 Å². The van der Waals surface area contributed by atoms with E-state index in [1.807, 2.05) is 0 Å². The van der Waals surface area contributed by atoms with Gasteiger partial charge in [-0.15, -0.1) is 0 Å². The van der Waals surface area contributed by atoms with Gasteiger partial charge in [-0.2, -0.15) is 101 Å². The maximum absolute atomic E-state index is 9.55. The van der Waals surface area contributed by atoms with Crippen molar-refractivity contribution in [2.75, 3.05) is 98.9 Å². The Morgan fingerprint density at radius 1 is 0.258 bits per heavy atom. The maximum atomic E-state index is 9.55. The van der Waals surface area contributed by atoms with E-state index in [-0.39, 0.29) is 48.7 Å². The summed E-state index contributed by atoms with van der Waals surface area (Å²) >= 11 is 28.4. The average Bonchev–Trinajstić information content (AvgIpc) is 3.22. The zero-order valence-electron chi connectivity index (χ0n) is 33.1. The fourth-order valence-electron chi connectivity index (χ4n) is 0.983. The van der Waals surface area contributed by atoms with Crippen molar-refractivity contribution < 1.29 is 120 Å². The molecule has 0 heterocycles. The summed E-state index contributed by atoms with van der Waals surface area (Å²) in [6.45, 7) is -3.25. The van der Waals surface area contributed by atoms with E-state index < -0.39 is 111 Å². The predicted octanol–water partition coefficient (Wildman–Crippen LogP) is -2.55. The smallest absolute Gasteiger partial charge is 0.313 e. The molecule has 0 aromatic rings. The molecular formula is C30H64O24S8. The molecule has 0 aliphatic rings. The van der Waals surface area contributed by atoms with E-state index in [0.29, 0.717) is 23.0 Å². The van der Waals surface area contributed by atoms with Crippen LogP contribution in [0.25, 0.3) is 0 Å². The van der Waals surface area contributed by atoms with Crippen LogP contribution in [0.2, 0.25) is 0 Å². The highest BCUT2D eigenvalue weighted by atomic mass is 32.1. The summed E-state index contributed by atoms with van der Waals surface area (Å²) < 4.78 is 0. The SMILES string of the molecule is O=C(O)CCS.O=C(O)CCS.O=C(O)CCS.O=C(O)CCS.O=C(O)CS.O=C(O)CS.O=C(O)CS.O=C(O)CS.OCC(CO)(CO)CO.OCC(CO)(CO)CO. The van der Waals surface area contributed by atoms with Crippen LogP contribution in [0, 0.1) is 10.8 Å². The molecule has 32 heteroatoms. The Labute approximate surface area is 402 Å². The molecule has 0 aromatic carbocycles. The summed E-state index contributed by atoms with van der Waals surface area (Å²) in [6, 6.07) is 0. The third-order valence-corrected chi connectivity index (χ3v) is 6.50. The van der Waals surface area contributed by atoms with Crippen LogP contribution in [-0.4, -0.2) is 228 Å². The first kappa shape index (κ1) is 83.8. The van der Waals surface area contributed by atoms with Gasteiger partial charge in [-0.1, -0.05) is 0 Å². The Kier molecular flexibility index (Phi) is 92.3. The maximum Gasteiger partial charge on any atom is 0.313 e. The first-order chi connectivity index (χ1) is 28.6. The number of carboxylic acid groups (broad SMARTS) is 8. The molecule has 62 heavy (non-hydrogen) atoms. The van der Waals surface area contributed by atoms with Crippen molar-refractivity contribution in [3.8, 4) is 0 Å². The monoisotopic (exact) mass is 1060 g/mol. The van der Waals surface area contributed by atoms with Crippen molar-refractivity contribution in [3.05, 3.63) is 0 Å². The zero-order valence-corrected chi connectivity index (χ0v) is 40.3. The normalized spacial score (nSPS) is 9.03. The van der Waals surface area contributed by atoms with Crippen LogP contribution in [0.15, 0.2) is 0 Å². The van der Waals surface area contributed by atoms with Gasteiger partial charge >= 0.3 is 47.8 Å². The lowest BCUT2D eigenvalue weighted by atomic mass is 9.93. The number of carboxylic acids is 8. The second-order valence-electron chi connectivity index (χ2n) is 9.94. The van der Waals surface area contributed by atoms with Crippen molar-refractivity contribution in [2.24, 2.45) is 10.8 Å². The first-order valence-electron chi connectivity index (χ1n) is 16.1. The van der Waals surface area contributed by atoms with Gasteiger partial charge in [-0.3, -0.25) is 38.4 Å². The van der Waals surface area contributed by atoms with E-state index in [1.54, 1.807) is 0 Å². The van der Waals surface area contributed by atoms with Crippen molar-refractivity contribution in [2.45, 2.75) is 25.7 Å². The molecular weight excluding hydrogens is 1000 g/mol. The number of hydrogen-bond acceptors (Lipinski definition) is 24. The van der Waals surface area contributed by atoms with Crippen molar-refractivity contribution >= 4 is 149 Å². The molecule has 0 bridgehead atoms. The Hall–Kier alpha value is -1.76. The quantitative estimate of drug-likeness (QED) is 0.0558. The molecule has 0 aliphatic carbocycles. The number of hydrogen-bond donors (Lipinski definition) is 24. The van der Waals surface area contributed by atoms with Crippen molar-refractivity contribution in [1.82, 2.24) is 0 Å². The average molecular weight is 1070 g/mol. The molecule has 0 saturated carbocycles. The third-order valence-electron chi connectivity index (χ3n) is 4.53. The van der Waals surface area contributed by atoms with Crippen LogP contribution < -0.4 is 0 Å². The van der Waals surface area contributed by atoms with Gasteiger partial charge in [0.2, 0.25) is 0 Å². The van der Waals surface area contributed by atoms with Gasteiger partial charge in [-0.05, 0) is 0 Å². The molecule has 0 rings (SSSR count). The molecule has 16 N–H and O–H groups in total. The van der Waals surface area contributed by atoms with Crippen molar-refractivity contribution in [1.29, 1.82) is 0 Å². The van der Waals surface area contributed by atoms with E-state index in [4.69, 9.17) is 81.7 Å². The number of aliphatic hydroxyl groups is 8. The van der Waals surface area contributed by atoms with E-state index >= 15 is 0 Å². The molecule has 24 nitrogen and oxygen atoms in total. The number of aliphatic carboxylic acids is 8. The lowest BCUT2D eigenvalue weighted by molar-refractivity contribution is -0.137. The lowest BCUT2D eigenvalue weighted by Crippen LogP contribution is -2.37. The molecule has 0 aromatic heterocycles. The molecule has 0 fully saturated rings. The van der Waals surface area contributed by atoms with Crippen LogP contribution in [0.5, 0.6) is 0 Å². The van der Waals surface area contributed by atoms with Gasteiger partial charge < -0.3 is 81.7 Å². The summed E-state index contributed by atoms with van der Waals surface area (Å²) in [5, 5.41) is 130. The molecule has 0 radical (unpaired) electrons. The Balaban J connectivity index is -0.0000000611. The standard InChI is InChI=1S/2C5H12O4.4C3H6O2S.4C2H4O2S/c2*6-1-5(2-7,3-8)4-9;4*4-3(5)1-2-6;4*3-2(4)1-5/h2*6-9H,1-4H2;4*6H,1-2H2,(H,4,5);4*5H,1H2,(H,3,4). The van der Waals surface area contributed by atoms with Crippen LogP contribution in [0.3, 0.4) is 0 Å². The van der Waals surface area contributed by atoms with Crippen LogP contribution in [0.4, 0.5) is 0 Å². The molecule has 0 saturated heterocycles. The van der Waals surface area contributed by atoms with Gasteiger partial charge in [0.1, 0.15) is 0 Å². The Morgan fingerprint density at radius 3 is 0.355 bits per heavy atom. The summed E-state index contributed by atoms with van der Waals surface area (Å²) in [5.41, 5.74) is -2.22. The molecule has 0 atom stereocenters. The minimum Gasteiger partial charge on any atom is -0.481 e. The molecule has 0 aliphatic heterocycles. The minimum atomic E-state index is -1.11. The minimum absolute atomic E-state index is 0.0833. The van der Waals surface area contributed by atoms with Gasteiger partial charge in [0.15, 0.2) is 0 Å². The van der Waals surface area contributed by atoms with E-state index in [2.05, 4.69) is 101 Å². The van der Waals surface area contributed by atoms with Gasteiger partial charge in [0.05, 0.1) is 112 Å². The topological polar surface area (TPSA) is 460 Å². The second kappa shape index (κ2) is 68.3. The van der Waals surface area contributed by atoms with Crippen LogP contribution in [-0.2, 0) is 38.4 Å². The van der Waals surface area contributed by atoms with Gasteiger partial charge in [0.25, 0.3) is 0 Å². The predicted molar refractivity (Wildman–Crippen MR) is 252 cm³/mol. The summed E-state index contributed by atoms with van der Waals surface area (Å²) in [4.78, 5) is 75.4. The van der Waals surface area contributed by atoms with Gasteiger partial charge in [0, 0.05) is 23.0 Å². The highest BCUT2D eigenvalue weighted by Gasteiger charge is 2.27. The largest absolute Gasteiger partial charge is 0.481 e. The number of thiol groups is 8. The summed E-state index contributed by atoms with van der Waals surface area (Å²) in [6.07, 6.45) is 0.623. The molecule has 0 amide bonds. The summed E-state index contributed by atoms with van der Waals surface area (Å²) in [5.74, 6) is -5.30. The summed E-state index contributed by atoms with van der Waals surface area (Å²) in [7, 11) is 0. The highest BCUT2D eigenvalue weighted by Crippen LogP contribution is 2.12. The number of carbonyl (C=O) groups is 8. The fraction of sp³-hybridized carbons (Fsp3) is 0.733. The number of rotatable bonds is 20. The Morgan fingerprint density at radius 2 is 0.355 bits per heavy atom. The molecule has 376 valence electrons. The van der Waals surface area contributed by atoms with E-state index in [1.165, 1.54) is 0 Å². The van der Waals surface area contributed by atoms with E-state index in [0.717, 1.165) is 0 Å². The number of aliphatic hydroxyl groups excluding tert-OH is 8. The first-order valence-corrected chi connectivity index (χ1v) is 21.2. The Bertz CT molecular complexity index is 880. The van der Waals surface area contributed by atoms with Gasteiger partial charge in [-0.25, -0.2) is 0 Å². The molecule has 0 spiro atoms. The third kappa shape index (κ3) is 107. The van der Waals surface area contributed by atoms with Crippen molar-refractivity contribution in [3.63, 3.8) is 0 Å². The van der Waals surface area contributed by atoms with Crippen LogP contribution >= 0.6 is 101 Å². The zero-order chi connectivity index (χ0) is 51.8. The fourth-order valence-corrected chi connectivity index (χ4v) is 1.75.